The lowest BCUT2D eigenvalue weighted by Gasteiger charge is -2.07. The topological polar surface area (TPSA) is 50.7 Å². The number of amides is 1. The van der Waals surface area contributed by atoms with Gasteiger partial charge in [-0.15, -0.1) is 11.3 Å². The van der Waals surface area contributed by atoms with Crippen LogP contribution in [0.3, 0.4) is 0 Å². The number of benzene rings is 1. The van der Waals surface area contributed by atoms with Crippen molar-refractivity contribution in [3.8, 4) is 5.75 Å². The van der Waals surface area contributed by atoms with Gasteiger partial charge >= 0.3 is 0 Å². The molecule has 0 fully saturated rings. The first kappa shape index (κ1) is 14.3. The molecule has 0 aliphatic rings. The Labute approximate surface area is 122 Å². The molecule has 1 aromatic carbocycles. The third-order valence-electron chi connectivity index (χ3n) is 2.59. The molecule has 2 rings (SSSR count). The molecule has 0 saturated heterocycles. The van der Waals surface area contributed by atoms with Gasteiger partial charge in [-0.2, -0.15) is 5.10 Å². The van der Waals surface area contributed by atoms with Crippen molar-refractivity contribution < 1.29 is 9.53 Å². The van der Waals surface area contributed by atoms with Gasteiger partial charge in [0.15, 0.2) is 6.61 Å². The summed E-state index contributed by atoms with van der Waals surface area (Å²) >= 11 is 1.62. The highest BCUT2D eigenvalue weighted by Gasteiger charge is 2.03. The molecule has 4 nitrogen and oxygen atoms in total. The van der Waals surface area contributed by atoms with E-state index in [4.69, 9.17) is 4.74 Å². The van der Waals surface area contributed by atoms with Crippen molar-refractivity contribution in [2.45, 2.75) is 13.8 Å². The van der Waals surface area contributed by atoms with E-state index in [-0.39, 0.29) is 12.5 Å². The number of aryl methyl sites for hydroxylation is 2. The number of rotatable bonds is 5. The van der Waals surface area contributed by atoms with Crippen LogP contribution in [0, 0.1) is 13.8 Å². The molecule has 0 unspecified atom stereocenters. The Kier molecular flexibility index (Phi) is 4.90. The van der Waals surface area contributed by atoms with Crippen LogP contribution in [-0.2, 0) is 4.79 Å². The summed E-state index contributed by atoms with van der Waals surface area (Å²) in [6.45, 7) is 3.91. The zero-order valence-corrected chi connectivity index (χ0v) is 12.2. The van der Waals surface area contributed by atoms with Crippen LogP contribution < -0.4 is 10.2 Å². The summed E-state index contributed by atoms with van der Waals surface area (Å²) in [6, 6.07) is 11.5. The minimum absolute atomic E-state index is 0.0499. The van der Waals surface area contributed by atoms with E-state index in [9.17, 15) is 4.79 Å². The molecule has 104 valence electrons. The van der Waals surface area contributed by atoms with Gasteiger partial charge in [-0.1, -0.05) is 18.2 Å². The molecule has 1 heterocycles. The van der Waals surface area contributed by atoms with E-state index in [0.717, 1.165) is 10.4 Å². The Morgan fingerprint density at radius 2 is 2.10 bits per heavy atom. The van der Waals surface area contributed by atoms with Crippen LogP contribution in [0.5, 0.6) is 5.75 Å². The molecule has 1 amide bonds. The molecule has 2 aromatic rings. The zero-order chi connectivity index (χ0) is 14.4. The third-order valence-corrected chi connectivity index (χ3v) is 3.53. The van der Waals surface area contributed by atoms with Gasteiger partial charge in [-0.3, -0.25) is 4.79 Å². The number of carbonyl (C=O) groups is 1. The molecule has 0 aliphatic carbocycles. The van der Waals surface area contributed by atoms with E-state index in [2.05, 4.69) is 10.5 Å². The predicted octanol–water partition coefficient (Wildman–Crippen LogP) is 2.89. The summed E-state index contributed by atoms with van der Waals surface area (Å²) < 4.78 is 5.42. The standard InChI is InChI=1S/C15H16N2O2S/c1-11-5-3-4-6-14(11)19-10-15(18)17-16-9-13-8-7-12(2)20-13/h3-9H,10H2,1-2H3,(H,17,18). The number of hydrazone groups is 1. The largest absolute Gasteiger partial charge is 0.483 e. The lowest BCUT2D eigenvalue weighted by Crippen LogP contribution is -2.24. The van der Waals surface area contributed by atoms with Crippen LogP contribution in [0.2, 0.25) is 0 Å². The number of carbonyl (C=O) groups excluding carboxylic acids is 1. The molecule has 0 aliphatic heterocycles. The minimum Gasteiger partial charge on any atom is -0.483 e. The first-order chi connectivity index (χ1) is 9.65. The number of ether oxygens (including phenoxy) is 1. The van der Waals surface area contributed by atoms with Crippen molar-refractivity contribution >= 4 is 23.5 Å². The SMILES string of the molecule is Cc1ccc(C=NNC(=O)COc2ccccc2C)s1. The Balaban J connectivity index is 1.78. The van der Waals surface area contributed by atoms with E-state index >= 15 is 0 Å². The summed E-state index contributed by atoms with van der Waals surface area (Å²) in [6.07, 6.45) is 1.63. The van der Waals surface area contributed by atoms with Crippen molar-refractivity contribution in [3.05, 3.63) is 51.7 Å². The maximum absolute atomic E-state index is 11.6. The van der Waals surface area contributed by atoms with E-state index in [0.29, 0.717) is 5.75 Å². The Morgan fingerprint density at radius 3 is 2.80 bits per heavy atom. The number of thiophene rings is 1. The van der Waals surface area contributed by atoms with Gasteiger partial charge in [0.25, 0.3) is 5.91 Å². The van der Waals surface area contributed by atoms with Crippen LogP contribution in [0.25, 0.3) is 0 Å². The van der Waals surface area contributed by atoms with Crippen molar-refractivity contribution in [2.24, 2.45) is 5.10 Å². The summed E-state index contributed by atoms with van der Waals surface area (Å²) in [4.78, 5) is 13.8. The second-order valence-corrected chi connectivity index (χ2v) is 5.62. The fourth-order valence-corrected chi connectivity index (χ4v) is 2.33. The molecule has 0 saturated carbocycles. The fraction of sp³-hybridized carbons (Fsp3) is 0.200. The third kappa shape index (κ3) is 4.20. The Bertz CT molecular complexity index is 620. The Hall–Kier alpha value is -2.14. The van der Waals surface area contributed by atoms with Gasteiger partial charge in [0.1, 0.15) is 5.75 Å². The van der Waals surface area contributed by atoms with Gasteiger partial charge in [-0.25, -0.2) is 5.43 Å². The first-order valence-electron chi connectivity index (χ1n) is 6.22. The maximum Gasteiger partial charge on any atom is 0.277 e. The average Bonchev–Trinajstić information content (AvgIpc) is 2.83. The van der Waals surface area contributed by atoms with Gasteiger partial charge in [-0.05, 0) is 37.6 Å². The number of nitrogens with zero attached hydrogens (tertiary/aromatic N) is 1. The number of hydrogen-bond acceptors (Lipinski definition) is 4. The van der Waals surface area contributed by atoms with Crippen LogP contribution in [0.1, 0.15) is 15.3 Å². The predicted molar refractivity (Wildman–Crippen MR) is 81.5 cm³/mol. The lowest BCUT2D eigenvalue weighted by molar-refractivity contribution is -0.123. The number of para-hydroxylation sites is 1. The van der Waals surface area contributed by atoms with Crippen molar-refractivity contribution in [1.82, 2.24) is 5.43 Å². The van der Waals surface area contributed by atoms with E-state index in [1.165, 1.54) is 4.88 Å². The molecule has 20 heavy (non-hydrogen) atoms. The fourth-order valence-electron chi connectivity index (χ4n) is 1.58. The van der Waals surface area contributed by atoms with Gasteiger partial charge < -0.3 is 4.74 Å². The van der Waals surface area contributed by atoms with Crippen LogP contribution >= 0.6 is 11.3 Å². The first-order valence-corrected chi connectivity index (χ1v) is 7.03. The normalized spacial score (nSPS) is 10.7. The lowest BCUT2D eigenvalue weighted by atomic mass is 10.2. The second-order valence-electron chi connectivity index (χ2n) is 4.30. The molecule has 0 radical (unpaired) electrons. The maximum atomic E-state index is 11.6. The summed E-state index contributed by atoms with van der Waals surface area (Å²) in [5.74, 6) is 0.429. The number of nitrogens with one attached hydrogen (secondary N) is 1. The molecule has 1 aromatic heterocycles. The quantitative estimate of drug-likeness (QED) is 0.679. The van der Waals surface area contributed by atoms with E-state index < -0.39 is 0 Å². The molecule has 0 atom stereocenters. The molecule has 5 heteroatoms. The van der Waals surface area contributed by atoms with Gasteiger partial charge in [0.2, 0.25) is 0 Å². The van der Waals surface area contributed by atoms with Crippen molar-refractivity contribution in [2.75, 3.05) is 6.61 Å². The smallest absolute Gasteiger partial charge is 0.277 e. The van der Waals surface area contributed by atoms with E-state index in [1.807, 2.05) is 50.2 Å². The van der Waals surface area contributed by atoms with E-state index in [1.54, 1.807) is 17.6 Å². The highest BCUT2D eigenvalue weighted by Crippen LogP contribution is 2.15. The van der Waals surface area contributed by atoms with Crippen LogP contribution in [-0.4, -0.2) is 18.7 Å². The summed E-state index contributed by atoms with van der Waals surface area (Å²) in [5, 5.41) is 3.90. The summed E-state index contributed by atoms with van der Waals surface area (Å²) in [5.41, 5.74) is 3.44. The Morgan fingerprint density at radius 1 is 1.30 bits per heavy atom. The highest BCUT2D eigenvalue weighted by atomic mass is 32.1. The molecule has 1 N–H and O–H groups in total. The van der Waals surface area contributed by atoms with Gasteiger partial charge in [0, 0.05) is 9.75 Å². The monoisotopic (exact) mass is 288 g/mol. The highest BCUT2D eigenvalue weighted by molar-refractivity contribution is 7.13. The second kappa shape index (κ2) is 6.86. The zero-order valence-electron chi connectivity index (χ0n) is 11.4. The minimum atomic E-state index is -0.280. The number of hydrogen-bond donors (Lipinski definition) is 1. The van der Waals surface area contributed by atoms with Crippen molar-refractivity contribution in [3.63, 3.8) is 0 Å². The van der Waals surface area contributed by atoms with Crippen LogP contribution in [0.4, 0.5) is 0 Å². The molecule has 0 spiro atoms. The van der Waals surface area contributed by atoms with Crippen LogP contribution in [0.15, 0.2) is 41.5 Å². The van der Waals surface area contributed by atoms with Crippen molar-refractivity contribution in [1.29, 1.82) is 0 Å². The molecular formula is C15H16N2O2S. The molecular weight excluding hydrogens is 272 g/mol. The molecule has 0 bridgehead atoms. The average molecular weight is 288 g/mol. The van der Waals surface area contributed by atoms with Gasteiger partial charge in [0.05, 0.1) is 6.21 Å². The summed E-state index contributed by atoms with van der Waals surface area (Å²) in [7, 11) is 0.